The maximum Gasteiger partial charge on any atom is 0.306 e. The molecule has 0 fully saturated rings. The summed E-state index contributed by atoms with van der Waals surface area (Å²) in [6.45, 7) is 30.8. The zero-order chi connectivity index (χ0) is 37.0. The Balaban J connectivity index is 4.49. The van der Waals surface area contributed by atoms with Crippen LogP contribution in [0.15, 0.2) is 0 Å². The third-order valence-corrected chi connectivity index (χ3v) is 7.89. The molecule has 10 nitrogen and oxygen atoms in total. The fraction of sp³-hybridized carbons (Fsp3) is 0.919. The van der Waals surface area contributed by atoms with Crippen molar-refractivity contribution >= 4 is 17.8 Å². The van der Waals surface area contributed by atoms with Gasteiger partial charge in [-0.2, -0.15) is 0 Å². The van der Waals surface area contributed by atoms with Crippen LogP contribution < -0.4 is 16.4 Å². The van der Waals surface area contributed by atoms with Crippen LogP contribution >= 0.6 is 0 Å². The van der Waals surface area contributed by atoms with E-state index in [0.29, 0.717) is 64.8 Å². The molecule has 0 saturated heterocycles. The zero-order valence-electron chi connectivity index (χ0n) is 32.9. The number of rotatable bonds is 23. The van der Waals surface area contributed by atoms with Crippen molar-refractivity contribution in [2.24, 2.45) is 5.73 Å². The van der Waals surface area contributed by atoms with Gasteiger partial charge in [0.05, 0.1) is 16.8 Å². The largest absolute Gasteiger partial charge is 0.460 e. The van der Waals surface area contributed by atoms with Crippen molar-refractivity contribution in [3.8, 4) is 0 Å². The second-order valence-electron chi connectivity index (χ2n) is 18.0. The van der Waals surface area contributed by atoms with Gasteiger partial charge in [0.1, 0.15) is 5.60 Å². The first-order chi connectivity index (χ1) is 20.9. The van der Waals surface area contributed by atoms with Crippen LogP contribution in [0.5, 0.6) is 0 Å². The van der Waals surface area contributed by atoms with Gasteiger partial charge < -0.3 is 35.3 Å². The van der Waals surface area contributed by atoms with Crippen molar-refractivity contribution in [2.75, 3.05) is 19.8 Å². The summed E-state index contributed by atoms with van der Waals surface area (Å²) in [5.74, 6) is -0.286. The fourth-order valence-electron chi connectivity index (χ4n) is 4.60. The van der Waals surface area contributed by atoms with Gasteiger partial charge in [0, 0.05) is 55.7 Å². The molecule has 0 atom stereocenters. The van der Waals surface area contributed by atoms with Crippen molar-refractivity contribution in [3.05, 3.63) is 0 Å². The van der Waals surface area contributed by atoms with E-state index in [4.69, 9.17) is 24.7 Å². The van der Waals surface area contributed by atoms with E-state index in [2.05, 4.69) is 10.6 Å². The summed E-state index contributed by atoms with van der Waals surface area (Å²) in [4.78, 5) is 37.6. The molecule has 0 aliphatic rings. The standard InChI is InChI=1S/C37H73N3O7/c1-31(2,3)47-30(43)18-21-37(14,15)46-27-24-34(8,9)40-29(42)17-20-36(12,13)45-26-23-33(6,7)39-28(41)16-19-35(10,11)44-25-22-32(4,5)38/h16-27,38H2,1-15H3,(H,39,41)(H,40,42). The lowest BCUT2D eigenvalue weighted by molar-refractivity contribution is -0.156. The predicted octanol–water partition coefficient (Wildman–Crippen LogP) is 6.75. The molecule has 0 aliphatic carbocycles. The van der Waals surface area contributed by atoms with E-state index in [9.17, 15) is 14.4 Å². The van der Waals surface area contributed by atoms with Gasteiger partial charge in [-0.15, -0.1) is 0 Å². The van der Waals surface area contributed by atoms with E-state index in [1.54, 1.807) is 0 Å². The fourth-order valence-corrected chi connectivity index (χ4v) is 4.60. The van der Waals surface area contributed by atoms with Crippen LogP contribution in [0.1, 0.15) is 162 Å². The van der Waals surface area contributed by atoms with Gasteiger partial charge >= 0.3 is 5.97 Å². The number of carbonyl (C=O) groups excluding carboxylic acids is 3. The highest BCUT2D eigenvalue weighted by Gasteiger charge is 2.29. The van der Waals surface area contributed by atoms with E-state index in [0.717, 1.165) is 6.42 Å². The number of nitrogens with one attached hydrogen (secondary N) is 2. The number of nitrogens with two attached hydrogens (primary N) is 1. The van der Waals surface area contributed by atoms with E-state index in [1.165, 1.54) is 0 Å². The van der Waals surface area contributed by atoms with Crippen molar-refractivity contribution < 1.29 is 33.3 Å². The van der Waals surface area contributed by atoms with Crippen LogP contribution in [0, 0.1) is 0 Å². The van der Waals surface area contributed by atoms with Gasteiger partial charge in [-0.05, 0) is 142 Å². The minimum absolute atomic E-state index is 0.0147. The van der Waals surface area contributed by atoms with Gasteiger partial charge in [0.25, 0.3) is 0 Å². The molecule has 0 radical (unpaired) electrons. The van der Waals surface area contributed by atoms with Crippen LogP contribution in [0.4, 0.5) is 0 Å². The number of ether oxygens (including phenoxy) is 4. The van der Waals surface area contributed by atoms with Gasteiger partial charge in [-0.25, -0.2) is 0 Å². The highest BCUT2D eigenvalue weighted by Crippen LogP contribution is 2.23. The first-order valence-corrected chi connectivity index (χ1v) is 17.5. The summed E-state index contributed by atoms with van der Waals surface area (Å²) in [7, 11) is 0. The molecule has 4 N–H and O–H groups in total. The third-order valence-electron chi connectivity index (χ3n) is 7.89. The van der Waals surface area contributed by atoms with E-state index in [-0.39, 0.29) is 29.7 Å². The van der Waals surface area contributed by atoms with Gasteiger partial charge in [-0.1, -0.05) is 0 Å². The molecule has 0 aromatic carbocycles. The van der Waals surface area contributed by atoms with Crippen LogP contribution in [0.25, 0.3) is 0 Å². The monoisotopic (exact) mass is 672 g/mol. The summed E-state index contributed by atoms with van der Waals surface area (Å²) >= 11 is 0. The van der Waals surface area contributed by atoms with E-state index in [1.807, 2.05) is 104 Å². The number of hydrogen-bond acceptors (Lipinski definition) is 8. The third kappa shape index (κ3) is 25.9. The molecule has 0 bridgehead atoms. The Morgan fingerprint density at radius 3 is 1.13 bits per heavy atom. The number of hydrogen-bond donors (Lipinski definition) is 3. The first kappa shape index (κ1) is 45.2. The van der Waals surface area contributed by atoms with E-state index < -0.39 is 33.5 Å². The molecular weight excluding hydrogens is 598 g/mol. The highest BCUT2D eigenvalue weighted by molar-refractivity contribution is 5.77. The number of carbonyl (C=O) groups is 3. The Bertz CT molecular complexity index is 973. The van der Waals surface area contributed by atoms with Gasteiger partial charge in [-0.3, -0.25) is 14.4 Å². The Morgan fingerprint density at radius 1 is 0.489 bits per heavy atom. The lowest BCUT2D eigenvalue weighted by Gasteiger charge is -2.32. The molecule has 10 heteroatoms. The van der Waals surface area contributed by atoms with Crippen LogP contribution in [-0.4, -0.2) is 76.6 Å². The molecule has 0 aliphatic heterocycles. The second kappa shape index (κ2) is 18.3. The predicted molar refractivity (Wildman–Crippen MR) is 190 cm³/mol. The molecule has 2 amide bonds. The van der Waals surface area contributed by atoms with Gasteiger partial charge in [0.2, 0.25) is 11.8 Å². The zero-order valence-corrected chi connectivity index (χ0v) is 32.9. The molecule has 278 valence electrons. The Labute approximate surface area is 287 Å². The van der Waals surface area contributed by atoms with Crippen LogP contribution in [-0.2, 0) is 33.3 Å². The molecule has 0 heterocycles. The van der Waals surface area contributed by atoms with Crippen molar-refractivity contribution in [2.45, 2.75) is 201 Å². The number of amides is 2. The van der Waals surface area contributed by atoms with E-state index >= 15 is 0 Å². The summed E-state index contributed by atoms with van der Waals surface area (Å²) in [6, 6.07) is 0. The molecule has 0 spiro atoms. The quantitative estimate of drug-likeness (QED) is 0.101. The maximum absolute atomic E-state index is 12.8. The van der Waals surface area contributed by atoms with Crippen molar-refractivity contribution in [1.29, 1.82) is 0 Å². The van der Waals surface area contributed by atoms with Crippen LogP contribution in [0.3, 0.4) is 0 Å². The molecule has 0 unspecified atom stereocenters. The summed E-state index contributed by atoms with van der Waals surface area (Å²) in [5.41, 5.74) is 2.99. The summed E-state index contributed by atoms with van der Waals surface area (Å²) in [5, 5.41) is 6.25. The second-order valence-corrected chi connectivity index (χ2v) is 18.0. The first-order valence-electron chi connectivity index (χ1n) is 17.5. The summed E-state index contributed by atoms with van der Waals surface area (Å²) in [6.07, 6.45) is 4.75. The molecular formula is C37H73N3O7. The minimum atomic E-state index is -0.501. The minimum Gasteiger partial charge on any atom is -0.460 e. The lowest BCUT2D eigenvalue weighted by atomic mass is 9.97. The highest BCUT2D eigenvalue weighted by atomic mass is 16.6. The Kier molecular flexibility index (Phi) is 17.6. The molecule has 47 heavy (non-hydrogen) atoms. The van der Waals surface area contributed by atoms with Crippen molar-refractivity contribution in [1.82, 2.24) is 10.6 Å². The van der Waals surface area contributed by atoms with Crippen molar-refractivity contribution in [3.63, 3.8) is 0 Å². The van der Waals surface area contributed by atoms with Gasteiger partial charge in [0.15, 0.2) is 0 Å². The Hall–Kier alpha value is -1.75. The Morgan fingerprint density at radius 2 is 0.809 bits per heavy atom. The average molecular weight is 672 g/mol. The lowest BCUT2D eigenvalue weighted by Crippen LogP contribution is -2.46. The normalized spacial score (nSPS) is 13.8. The smallest absolute Gasteiger partial charge is 0.306 e. The average Bonchev–Trinajstić information content (AvgIpc) is 2.82. The molecule has 0 aromatic heterocycles. The molecule has 0 rings (SSSR count). The topological polar surface area (TPSA) is 138 Å². The maximum atomic E-state index is 12.8. The molecule has 0 saturated carbocycles. The SMILES string of the molecule is CC(C)(N)CCOC(C)(C)CCC(=O)NC(C)(C)CCOC(C)(C)CCC(=O)NC(C)(C)CCOC(C)(C)CCC(=O)OC(C)(C)C. The van der Waals surface area contributed by atoms with Crippen LogP contribution in [0.2, 0.25) is 0 Å². The number of esters is 1. The summed E-state index contributed by atoms with van der Waals surface area (Å²) < 4.78 is 23.6. The molecule has 0 aromatic rings.